The van der Waals surface area contributed by atoms with Crippen molar-refractivity contribution in [2.75, 3.05) is 6.61 Å². The van der Waals surface area contributed by atoms with Gasteiger partial charge in [-0.15, -0.1) is 0 Å². The Hall–Kier alpha value is -2.84. The Kier molecular flexibility index (Phi) is 6.79. The van der Waals surface area contributed by atoms with Crippen molar-refractivity contribution in [2.24, 2.45) is 0 Å². The number of amides is 2. The van der Waals surface area contributed by atoms with Crippen molar-refractivity contribution in [1.29, 1.82) is 0 Å². The maximum Gasteiger partial charge on any atom is 0.308 e. The third-order valence-corrected chi connectivity index (χ3v) is 5.30. The van der Waals surface area contributed by atoms with E-state index in [4.69, 9.17) is 21.1 Å². The van der Waals surface area contributed by atoms with Crippen LogP contribution in [0.15, 0.2) is 41.3 Å². The second kappa shape index (κ2) is 9.32. The largest absolute Gasteiger partial charge is 0.490 e. The lowest BCUT2D eigenvalue weighted by molar-refractivity contribution is -0.132. The predicted octanol–water partition coefficient (Wildman–Crippen LogP) is 5.04. The number of halogens is 2. The summed E-state index contributed by atoms with van der Waals surface area (Å²) >= 11 is 6.80. The molecule has 0 aliphatic carbocycles. The van der Waals surface area contributed by atoms with E-state index in [0.29, 0.717) is 23.5 Å². The fourth-order valence-corrected chi connectivity index (χ4v) is 3.80. The van der Waals surface area contributed by atoms with Gasteiger partial charge in [-0.3, -0.25) is 19.3 Å². The van der Waals surface area contributed by atoms with Gasteiger partial charge in [-0.2, -0.15) is 0 Å². The molecule has 1 fully saturated rings. The lowest BCUT2D eigenvalue weighted by Crippen LogP contribution is -2.27. The lowest BCUT2D eigenvalue weighted by atomic mass is 10.1. The number of carbonyl (C=O) groups is 3. The molecule has 0 aromatic heterocycles. The van der Waals surface area contributed by atoms with E-state index in [0.717, 1.165) is 22.7 Å². The minimum Gasteiger partial charge on any atom is -0.490 e. The summed E-state index contributed by atoms with van der Waals surface area (Å²) in [5, 5.41) is -0.311. The van der Waals surface area contributed by atoms with Crippen molar-refractivity contribution in [3.8, 4) is 11.5 Å². The molecule has 2 aromatic rings. The van der Waals surface area contributed by atoms with Gasteiger partial charge in [0.1, 0.15) is 5.82 Å². The molecule has 2 amide bonds. The van der Waals surface area contributed by atoms with E-state index < -0.39 is 22.9 Å². The molecule has 9 heteroatoms. The molecular formula is C21H17ClFNO5S. The molecule has 1 heterocycles. The van der Waals surface area contributed by atoms with Gasteiger partial charge in [0.05, 0.1) is 18.1 Å². The van der Waals surface area contributed by atoms with Gasteiger partial charge in [0.2, 0.25) is 0 Å². The van der Waals surface area contributed by atoms with Gasteiger partial charge < -0.3 is 9.47 Å². The zero-order valence-corrected chi connectivity index (χ0v) is 17.7. The van der Waals surface area contributed by atoms with E-state index in [-0.39, 0.29) is 22.2 Å². The molecule has 30 heavy (non-hydrogen) atoms. The van der Waals surface area contributed by atoms with Crippen molar-refractivity contribution in [3.05, 3.63) is 63.3 Å². The van der Waals surface area contributed by atoms with Gasteiger partial charge >= 0.3 is 5.97 Å². The lowest BCUT2D eigenvalue weighted by Gasteiger charge is -2.13. The van der Waals surface area contributed by atoms with Crippen LogP contribution < -0.4 is 9.47 Å². The molecule has 0 radical (unpaired) electrons. The molecule has 0 spiro atoms. The van der Waals surface area contributed by atoms with Crippen LogP contribution in [-0.2, 0) is 16.1 Å². The molecule has 0 atom stereocenters. The van der Waals surface area contributed by atoms with Crippen molar-refractivity contribution in [3.63, 3.8) is 0 Å². The van der Waals surface area contributed by atoms with E-state index >= 15 is 0 Å². The summed E-state index contributed by atoms with van der Waals surface area (Å²) in [6.07, 6.45) is 1.55. The Labute approximate surface area is 181 Å². The summed E-state index contributed by atoms with van der Waals surface area (Å²) in [5.41, 5.74) is 1.06. The van der Waals surface area contributed by atoms with Gasteiger partial charge in [0.25, 0.3) is 11.1 Å². The smallest absolute Gasteiger partial charge is 0.308 e. The highest BCUT2D eigenvalue weighted by atomic mass is 35.5. The zero-order chi connectivity index (χ0) is 21.8. The number of ether oxygens (including phenoxy) is 2. The van der Waals surface area contributed by atoms with Crippen LogP contribution in [0.3, 0.4) is 0 Å². The molecule has 6 nitrogen and oxygen atoms in total. The molecule has 156 valence electrons. The minimum absolute atomic E-state index is 0.0588. The van der Waals surface area contributed by atoms with E-state index in [1.807, 2.05) is 0 Å². The summed E-state index contributed by atoms with van der Waals surface area (Å²) in [4.78, 5) is 37.6. The molecule has 0 N–H and O–H groups in total. The molecule has 0 unspecified atom stereocenters. The summed E-state index contributed by atoms with van der Waals surface area (Å²) in [6.45, 7) is 3.37. The van der Waals surface area contributed by atoms with Crippen LogP contribution in [-0.4, -0.2) is 28.6 Å². The van der Waals surface area contributed by atoms with Crippen molar-refractivity contribution in [1.82, 2.24) is 4.90 Å². The summed E-state index contributed by atoms with van der Waals surface area (Å²) < 4.78 is 23.8. The van der Waals surface area contributed by atoms with Crippen molar-refractivity contribution in [2.45, 2.75) is 20.4 Å². The second-order valence-electron chi connectivity index (χ2n) is 6.24. The number of benzene rings is 2. The van der Waals surface area contributed by atoms with Gasteiger partial charge in [-0.25, -0.2) is 4.39 Å². The van der Waals surface area contributed by atoms with E-state index in [2.05, 4.69) is 0 Å². The molecule has 2 aromatic carbocycles. The van der Waals surface area contributed by atoms with Gasteiger partial charge in [0, 0.05) is 11.9 Å². The zero-order valence-electron chi connectivity index (χ0n) is 16.1. The first-order valence-electron chi connectivity index (χ1n) is 8.93. The third kappa shape index (κ3) is 5.01. The normalized spacial score (nSPS) is 15.1. The average Bonchev–Trinajstić information content (AvgIpc) is 2.93. The van der Waals surface area contributed by atoms with Crippen LogP contribution in [0, 0.1) is 5.82 Å². The highest BCUT2D eigenvalue weighted by molar-refractivity contribution is 8.18. The number of carbonyl (C=O) groups excluding carboxylic acids is 3. The highest BCUT2D eigenvalue weighted by Gasteiger charge is 2.35. The van der Waals surface area contributed by atoms with Crippen LogP contribution in [0.4, 0.5) is 9.18 Å². The first-order chi connectivity index (χ1) is 14.3. The Morgan fingerprint density at radius 2 is 1.97 bits per heavy atom. The fourth-order valence-electron chi connectivity index (χ4n) is 2.73. The van der Waals surface area contributed by atoms with Gasteiger partial charge in [-0.1, -0.05) is 23.7 Å². The Balaban J connectivity index is 1.84. The number of imide groups is 1. The van der Waals surface area contributed by atoms with Crippen LogP contribution in [0.1, 0.15) is 25.0 Å². The predicted molar refractivity (Wildman–Crippen MR) is 112 cm³/mol. The maximum atomic E-state index is 13.2. The quantitative estimate of drug-likeness (QED) is 0.349. The molecule has 0 bridgehead atoms. The summed E-state index contributed by atoms with van der Waals surface area (Å²) in [5.74, 6) is -0.851. The molecule has 1 aliphatic heterocycles. The molecule has 0 saturated carbocycles. The van der Waals surface area contributed by atoms with Gasteiger partial charge in [-0.05, 0) is 60.2 Å². The Morgan fingerprint density at radius 3 is 2.63 bits per heavy atom. The number of esters is 1. The third-order valence-electron chi connectivity index (χ3n) is 4.04. The monoisotopic (exact) mass is 449 g/mol. The van der Waals surface area contributed by atoms with Crippen LogP contribution >= 0.6 is 23.4 Å². The number of hydrogen-bond donors (Lipinski definition) is 0. The second-order valence-corrected chi connectivity index (χ2v) is 7.64. The van der Waals surface area contributed by atoms with Crippen LogP contribution in [0.2, 0.25) is 5.02 Å². The van der Waals surface area contributed by atoms with Crippen LogP contribution in [0.25, 0.3) is 6.08 Å². The first-order valence-corrected chi connectivity index (χ1v) is 10.1. The minimum atomic E-state index is -0.500. The number of rotatable bonds is 6. The summed E-state index contributed by atoms with van der Waals surface area (Å²) in [6, 6.07) is 8.60. The molecule has 3 rings (SSSR count). The topological polar surface area (TPSA) is 72.9 Å². The molecule has 1 saturated heterocycles. The van der Waals surface area contributed by atoms with E-state index in [1.54, 1.807) is 31.2 Å². The highest BCUT2D eigenvalue weighted by Crippen LogP contribution is 2.36. The number of hydrogen-bond acceptors (Lipinski definition) is 6. The van der Waals surface area contributed by atoms with E-state index in [1.165, 1.54) is 19.1 Å². The maximum absolute atomic E-state index is 13.2. The Morgan fingerprint density at radius 1 is 1.20 bits per heavy atom. The van der Waals surface area contributed by atoms with Crippen molar-refractivity contribution < 1.29 is 28.2 Å². The van der Waals surface area contributed by atoms with E-state index in [9.17, 15) is 18.8 Å². The number of thioether (sulfide) groups is 1. The number of nitrogens with zero attached hydrogens (tertiary/aromatic N) is 1. The standard InChI is InChI=1S/C21H17ClFNO5S/c1-3-28-18-8-13(4-7-17(18)29-12(2)25)9-19-20(26)24(21(27)30-19)11-14-5-6-15(23)10-16(14)22/h4-10H,3,11H2,1-2H3/b19-9-. The molecule has 1 aliphatic rings. The average molecular weight is 450 g/mol. The fraction of sp³-hybridized carbons (Fsp3) is 0.190. The van der Waals surface area contributed by atoms with Crippen LogP contribution in [0.5, 0.6) is 11.5 Å². The SMILES string of the molecule is CCOc1cc(/C=C2\SC(=O)N(Cc3ccc(F)cc3Cl)C2=O)ccc1OC(C)=O. The summed E-state index contributed by atoms with van der Waals surface area (Å²) in [7, 11) is 0. The van der Waals surface area contributed by atoms with Crippen molar-refractivity contribution >= 4 is 46.6 Å². The van der Waals surface area contributed by atoms with Gasteiger partial charge in [0.15, 0.2) is 11.5 Å². The molecular weight excluding hydrogens is 433 g/mol. The Bertz CT molecular complexity index is 1060. The first kappa shape index (κ1) is 21.9.